The molecule has 0 atom stereocenters. The Balaban J connectivity index is 1.43. The van der Waals surface area contributed by atoms with Gasteiger partial charge in [-0.15, -0.1) is 22.7 Å². The van der Waals surface area contributed by atoms with Crippen molar-refractivity contribution in [1.29, 1.82) is 0 Å². The highest BCUT2D eigenvalue weighted by atomic mass is 32.1. The summed E-state index contributed by atoms with van der Waals surface area (Å²) < 4.78 is 56.3. The molecule has 5 aromatic rings. The van der Waals surface area contributed by atoms with Crippen molar-refractivity contribution in [2.75, 3.05) is 0 Å². The summed E-state index contributed by atoms with van der Waals surface area (Å²) in [7, 11) is 0. The highest BCUT2D eigenvalue weighted by molar-refractivity contribution is 7.19. The summed E-state index contributed by atoms with van der Waals surface area (Å²) in [5.41, 5.74) is 1.79. The molecule has 0 N–H and O–H groups in total. The highest BCUT2D eigenvalue weighted by Gasteiger charge is 2.15. The molecule has 158 valence electrons. The van der Waals surface area contributed by atoms with Crippen LogP contribution >= 0.6 is 22.7 Å². The van der Waals surface area contributed by atoms with Crippen LogP contribution in [0.3, 0.4) is 0 Å². The van der Waals surface area contributed by atoms with Gasteiger partial charge in [0.1, 0.15) is 23.3 Å². The molecule has 32 heavy (non-hydrogen) atoms. The Kier molecular flexibility index (Phi) is 5.41. The third-order valence-electron chi connectivity index (χ3n) is 5.08. The summed E-state index contributed by atoms with van der Waals surface area (Å²) in [4.78, 5) is 2.81. The summed E-state index contributed by atoms with van der Waals surface area (Å²) in [6.07, 6.45) is 0. The Hall–Kier alpha value is -3.22. The largest absolute Gasteiger partial charge is 0.206 e. The number of rotatable bonds is 4. The summed E-state index contributed by atoms with van der Waals surface area (Å²) in [5.74, 6) is -2.36. The summed E-state index contributed by atoms with van der Waals surface area (Å²) in [6.45, 7) is 0. The first kappa shape index (κ1) is 20.7. The van der Waals surface area contributed by atoms with E-state index in [9.17, 15) is 17.6 Å². The smallest absolute Gasteiger partial charge is 0.134 e. The molecule has 5 rings (SSSR count). The van der Waals surface area contributed by atoms with Crippen LogP contribution in [0, 0.1) is 23.3 Å². The Morgan fingerprint density at radius 3 is 1.03 bits per heavy atom. The first-order valence-electron chi connectivity index (χ1n) is 9.70. The molecule has 0 bridgehead atoms. The molecule has 0 aliphatic carbocycles. The minimum atomic E-state index is -0.589. The van der Waals surface area contributed by atoms with Crippen LogP contribution in [0.2, 0.25) is 0 Å². The van der Waals surface area contributed by atoms with Gasteiger partial charge in [0.25, 0.3) is 0 Å². The molecule has 0 saturated carbocycles. The average Bonchev–Trinajstić information content (AvgIpc) is 3.44. The van der Waals surface area contributed by atoms with E-state index in [2.05, 4.69) is 0 Å². The van der Waals surface area contributed by atoms with Crippen LogP contribution in [0.5, 0.6) is 0 Å². The molecule has 0 spiro atoms. The van der Waals surface area contributed by atoms with Gasteiger partial charge in [-0.05, 0) is 59.7 Å². The number of halogens is 4. The van der Waals surface area contributed by atoms with Crippen molar-refractivity contribution in [2.24, 2.45) is 0 Å². The maximum atomic E-state index is 14.1. The van der Waals surface area contributed by atoms with Crippen LogP contribution in [0.1, 0.15) is 0 Å². The lowest BCUT2D eigenvalue weighted by atomic mass is 10.1. The second-order valence-corrected chi connectivity index (χ2v) is 9.27. The SMILES string of the molecule is Fc1cccc(F)c1-c1ccc(-c2ccc(-c3ccc(-c4c(F)cccc4F)s3)cc2)s1. The monoisotopic (exact) mass is 466 g/mol. The fourth-order valence-corrected chi connectivity index (χ4v) is 5.64. The van der Waals surface area contributed by atoms with Gasteiger partial charge in [-0.2, -0.15) is 0 Å². The Morgan fingerprint density at radius 1 is 0.375 bits per heavy atom. The average molecular weight is 467 g/mol. The van der Waals surface area contributed by atoms with Crippen LogP contribution in [0.4, 0.5) is 17.6 Å². The second kappa shape index (κ2) is 8.37. The van der Waals surface area contributed by atoms with Crippen LogP contribution in [0.15, 0.2) is 84.9 Å². The van der Waals surface area contributed by atoms with Crippen LogP contribution in [-0.2, 0) is 0 Å². The van der Waals surface area contributed by atoms with Gasteiger partial charge < -0.3 is 0 Å². The van der Waals surface area contributed by atoms with Gasteiger partial charge in [0.15, 0.2) is 0 Å². The van der Waals surface area contributed by atoms with Gasteiger partial charge in [-0.3, -0.25) is 0 Å². The molecular weight excluding hydrogens is 452 g/mol. The first-order valence-corrected chi connectivity index (χ1v) is 11.3. The highest BCUT2D eigenvalue weighted by Crippen LogP contribution is 2.39. The van der Waals surface area contributed by atoms with E-state index in [1.54, 1.807) is 12.1 Å². The number of thiophene rings is 2. The quantitative estimate of drug-likeness (QED) is 0.232. The van der Waals surface area contributed by atoms with Gasteiger partial charge in [0.2, 0.25) is 0 Å². The van der Waals surface area contributed by atoms with Crippen molar-refractivity contribution in [3.05, 3.63) is 108 Å². The van der Waals surface area contributed by atoms with E-state index < -0.39 is 23.3 Å². The van der Waals surface area contributed by atoms with Crippen molar-refractivity contribution in [1.82, 2.24) is 0 Å². The summed E-state index contributed by atoms with van der Waals surface area (Å²) >= 11 is 2.63. The van der Waals surface area contributed by atoms with Gasteiger partial charge in [-0.25, -0.2) is 17.6 Å². The van der Waals surface area contributed by atoms with Crippen molar-refractivity contribution in [3.63, 3.8) is 0 Å². The molecular formula is C26H14F4S2. The van der Waals surface area contributed by atoms with Crippen molar-refractivity contribution in [3.8, 4) is 41.8 Å². The zero-order chi connectivity index (χ0) is 22.2. The number of hydrogen-bond donors (Lipinski definition) is 0. The Labute approximate surface area is 190 Å². The zero-order valence-electron chi connectivity index (χ0n) is 16.4. The molecule has 0 nitrogen and oxygen atoms in total. The molecule has 2 heterocycles. The van der Waals surface area contributed by atoms with Crippen LogP contribution in [-0.4, -0.2) is 0 Å². The van der Waals surface area contributed by atoms with E-state index >= 15 is 0 Å². The van der Waals surface area contributed by atoms with Gasteiger partial charge in [-0.1, -0.05) is 36.4 Å². The lowest BCUT2D eigenvalue weighted by Gasteiger charge is -2.03. The van der Waals surface area contributed by atoms with E-state index in [0.717, 1.165) is 20.9 Å². The predicted molar refractivity (Wildman–Crippen MR) is 124 cm³/mol. The molecule has 0 saturated heterocycles. The first-order chi connectivity index (χ1) is 15.5. The third kappa shape index (κ3) is 3.76. The number of hydrogen-bond acceptors (Lipinski definition) is 2. The third-order valence-corrected chi connectivity index (χ3v) is 7.39. The molecule has 3 aromatic carbocycles. The summed E-state index contributed by atoms with van der Waals surface area (Å²) in [5, 5.41) is 0. The lowest BCUT2D eigenvalue weighted by molar-refractivity contribution is 0.589. The normalized spacial score (nSPS) is 11.1. The van der Waals surface area contributed by atoms with E-state index in [1.807, 2.05) is 36.4 Å². The van der Waals surface area contributed by atoms with Crippen LogP contribution < -0.4 is 0 Å². The van der Waals surface area contributed by atoms with Gasteiger partial charge in [0, 0.05) is 19.5 Å². The van der Waals surface area contributed by atoms with Crippen molar-refractivity contribution >= 4 is 22.7 Å². The van der Waals surface area contributed by atoms with E-state index in [-0.39, 0.29) is 11.1 Å². The fourth-order valence-electron chi connectivity index (χ4n) is 3.52. The Bertz CT molecular complexity index is 1270. The van der Waals surface area contributed by atoms with E-state index in [0.29, 0.717) is 9.75 Å². The van der Waals surface area contributed by atoms with Crippen molar-refractivity contribution in [2.45, 2.75) is 0 Å². The topological polar surface area (TPSA) is 0 Å². The molecule has 6 heteroatoms. The fraction of sp³-hybridized carbons (Fsp3) is 0. The minimum Gasteiger partial charge on any atom is -0.206 e. The van der Waals surface area contributed by atoms with E-state index in [1.165, 1.54) is 59.1 Å². The van der Waals surface area contributed by atoms with Gasteiger partial charge >= 0.3 is 0 Å². The molecule has 0 unspecified atom stereocenters. The molecule has 0 aliphatic rings. The minimum absolute atomic E-state index is 0.0214. The number of benzene rings is 3. The molecule has 0 radical (unpaired) electrons. The van der Waals surface area contributed by atoms with Crippen molar-refractivity contribution < 1.29 is 17.6 Å². The van der Waals surface area contributed by atoms with Gasteiger partial charge in [0.05, 0.1) is 11.1 Å². The maximum absolute atomic E-state index is 14.1. The Morgan fingerprint density at radius 2 is 0.688 bits per heavy atom. The summed E-state index contributed by atoms with van der Waals surface area (Å²) in [6, 6.07) is 22.5. The van der Waals surface area contributed by atoms with E-state index in [4.69, 9.17) is 0 Å². The maximum Gasteiger partial charge on any atom is 0.134 e. The molecule has 0 aliphatic heterocycles. The zero-order valence-corrected chi connectivity index (χ0v) is 18.0. The molecule has 2 aromatic heterocycles. The lowest BCUT2D eigenvalue weighted by Crippen LogP contribution is -1.86. The second-order valence-electron chi connectivity index (χ2n) is 7.10. The molecule has 0 amide bonds. The standard InChI is InChI=1S/C26H14F4S2/c27-17-3-1-4-18(28)25(17)23-13-11-21(31-23)15-7-9-16(10-8-15)22-12-14-24(32-22)26-19(29)5-2-6-20(26)30/h1-14H. The predicted octanol–water partition coefficient (Wildman–Crippen LogP) is 9.03. The molecule has 0 fully saturated rings. The van der Waals surface area contributed by atoms with Crippen LogP contribution in [0.25, 0.3) is 41.8 Å².